The van der Waals surface area contributed by atoms with Gasteiger partial charge in [-0.2, -0.15) is 5.10 Å². The second kappa shape index (κ2) is 4.23. The minimum atomic E-state index is 0.442. The molecule has 2 aromatic rings. The lowest BCUT2D eigenvalue weighted by Gasteiger charge is -1.97. The van der Waals surface area contributed by atoms with Crippen molar-refractivity contribution < 1.29 is 0 Å². The average Bonchev–Trinajstić information content (AvgIpc) is 2.67. The fourth-order valence-electron chi connectivity index (χ4n) is 1.39. The molecule has 0 aliphatic rings. The normalized spacial score (nSPS) is 10.1. The van der Waals surface area contributed by atoms with Crippen LogP contribution in [0, 0.1) is 0 Å². The van der Waals surface area contributed by atoms with Gasteiger partial charge in [0, 0.05) is 11.8 Å². The van der Waals surface area contributed by atoms with Crippen LogP contribution < -0.4 is 5.73 Å². The number of hydrogen-bond acceptors (Lipinski definition) is 2. The van der Waals surface area contributed by atoms with Gasteiger partial charge in [0.1, 0.15) is 0 Å². The third kappa shape index (κ3) is 2.41. The fourth-order valence-corrected chi connectivity index (χ4v) is 1.52. The van der Waals surface area contributed by atoms with Crippen molar-refractivity contribution >= 4 is 17.2 Å². The molecule has 4 heteroatoms. The summed E-state index contributed by atoms with van der Waals surface area (Å²) < 4.78 is 1.74. The quantitative estimate of drug-likeness (QED) is 0.798. The minimum absolute atomic E-state index is 0.442. The van der Waals surface area contributed by atoms with Crippen molar-refractivity contribution in [2.24, 2.45) is 5.73 Å². The summed E-state index contributed by atoms with van der Waals surface area (Å²) >= 11 is 4.82. The van der Waals surface area contributed by atoms with E-state index in [1.165, 1.54) is 0 Å². The minimum Gasteiger partial charge on any atom is -0.392 e. The van der Waals surface area contributed by atoms with Crippen molar-refractivity contribution in [3.63, 3.8) is 0 Å². The van der Waals surface area contributed by atoms with E-state index in [1.807, 2.05) is 42.7 Å². The highest BCUT2D eigenvalue weighted by Gasteiger charge is 2.01. The maximum Gasteiger partial charge on any atom is 0.0945 e. The Hall–Kier alpha value is -1.68. The van der Waals surface area contributed by atoms with E-state index >= 15 is 0 Å². The van der Waals surface area contributed by atoms with Gasteiger partial charge in [-0.3, -0.25) is 4.68 Å². The smallest absolute Gasteiger partial charge is 0.0945 e. The standard InChI is InChI=1S/C11H11N3S/c12-11(15)8-14-7-10(6-13-14)9-4-2-1-3-5-9/h1-7H,8H2,(H2,12,15). The number of hydrogen-bond donors (Lipinski definition) is 1. The van der Waals surface area contributed by atoms with E-state index < -0.39 is 0 Å². The van der Waals surface area contributed by atoms with Gasteiger partial charge in [-0.15, -0.1) is 0 Å². The molecule has 2 rings (SSSR count). The summed E-state index contributed by atoms with van der Waals surface area (Å²) in [5.74, 6) is 0. The van der Waals surface area contributed by atoms with E-state index in [-0.39, 0.29) is 0 Å². The van der Waals surface area contributed by atoms with Crippen LogP contribution >= 0.6 is 12.2 Å². The third-order valence-corrected chi connectivity index (χ3v) is 2.19. The second-order valence-electron chi connectivity index (χ2n) is 3.26. The van der Waals surface area contributed by atoms with Crippen LogP contribution in [0.3, 0.4) is 0 Å². The Morgan fingerprint density at radius 1 is 1.27 bits per heavy atom. The summed E-state index contributed by atoms with van der Waals surface area (Å²) in [5.41, 5.74) is 7.66. The zero-order valence-corrected chi connectivity index (χ0v) is 8.95. The van der Waals surface area contributed by atoms with Crippen LogP contribution in [-0.2, 0) is 6.54 Å². The van der Waals surface area contributed by atoms with E-state index in [0.717, 1.165) is 11.1 Å². The highest BCUT2D eigenvalue weighted by Crippen LogP contribution is 2.17. The highest BCUT2D eigenvalue weighted by molar-refractivity contribution is 7.80. The third-order valence-electron chi connectivity index (χ3n) is 2.06. The van der Waals surface area contributed by atoms with Gasteiger partial charge in [0.05, 0.1) is 17.7 Å². The first-order valence-corrected chi connectivity index (χ1v) is 5.03. The molecular weight excluding hydrogens is 206 g/mol. The predicted octanol–water partition coefficient (Wildman–Crippen LogP) is 1.84. The van der Waals surface area contributed by atoms with Crippen LogP contribution in [0.1, 0.15) is 0 Å². The largest absolute Gasteiger partial charge is 0.392 e. The van der Waals surface area contributed by atoms with Gasteiger partial charge in [-0.25, -0.2) is 0 Å². The van der Waals surface area contributed by atoms with E-state index in [9.17, 15) is 0 Å². The summed E-state index contributed by atoms with van der Waals surface area (Å²) in [5, 5.41) is 4.18. The monoisotopic (exact) mass is 217 g/mol. The van der Waals surface area contributed by atoms with E-state index in [2.05, 4.69) is 5.10 Å². The Balaban J connectivity index is 2.24. The van der Waals surface area contributed by atoms with Gasteiger partial charge < -0.3 is 5.73 Å². The van der Waals surface area contributed by atoms with Gasteiger partial charge in [-0.1, -0.05) is 42.5 Å². The molecule has 0 amide bonds. The zero-order valence-electron chi connectivity index (χ0n) is 8.13. The Morgan fingerprint density at radius 2 is 2.00 bits per heavy atom. The summed E-state index contributed by atoms with van der Waals surface area (Å²) in [4.78, 5) is 0.442. The van der Waals surface area contributed by atoms with Gasteiger partial charge in [0.2, 0.25) is 0 Å². The van der Waals surface area contributed by atoms with Gasteiger partial charge in [-0.05, 0) is 5.56 Å². The molecule has 3 nitrogen and oxygen atoms in total. The number of benzene rings is 1. The highest BCUT2D eigenvalue weighted by atomic mass is 32.1. The lowest BCUT2D eigenvalue weighted by Crippen LogP contribution is -2.16. The molecule has 0 bridgehead atoms. The van der Waals surface area contributed by atoms with Crippen LogP contribution in [0.15, 0.2) is 42.7 Å². The van der Waals surface area contributed by atoms with Crippen LogP contribution in [0.5, 0.6) is 0 Å². The average molecular weight is 217 g/mol. The molecule has 0 unspecified atom stereocenters. The predicted molar refractivity (Wildman–Crippen MR) is 64.4 cm³/mol. The molecule has 76 valence electrons. The molecule has 0 saturated heterocycles. The van der Waals surface area contributed by atoms with E-state index in [0.29, 0.717) is 11.5 Å². The lowest BCUT2D eigenvalue weighted by molar-refractivity contribution is 0.726. The SMILES string of the molecule is NC(=S)Cn1cc(-c2ccccc2)cn1. The first-order valence-electron chi connectivity index (χ1n) is 4.62. The van der Waals surface area contributed by atoms with E-state index in [4.69, 9.17) is 18.0 Å². The van der Waals surface area contributed by atoms with Crippen LogP contribution in [-0.4, -0.2) is 14.8 Å². The summed E-state index contributed by atoms with van der Waals surface area (Å²) in [7, 11) is 0. The number of thiocarbonyl (C=S) groups is 1. The van der Waals surface area contributed by atoms with Crippen LogP contribution in [0.25, 0.3) is 11.1 Å². The van der Waals surface area contributed by atoms with Crippen molar-refractivity contribution in [1.29, 1.82) is 0 Å². The Kier molecular flexibility index (Phi) is 2.78. The lowest BCUT2D eigenvalue weighted by atomic mass is 10.1. The number of aromatic nitrogens is 2. The zero-order chi connectivity index (χ0) is 10.7. The Labute approximate surface area is 93.5 Å². The molecule has 0 atom stereocenters. The Bertz CT molecular complexity index is 462. The van der Waals surface area contributed by atoms with Gasteiger partial charge in [0.15, 0.2) is 0 Å². The molecule has 15 heavy (non-hydrogen) atoms. The first-order chi connectivity index (χ1) is 7.25. The molecule has 1 heterocycles. The molecule has 0 aliphatic heterocycles. The topological polar surface area (TPSA) is 43.8 Å². The fraction of sp³-hybridized carbons (Fsp3) is 0.0909. The van der Waals surface area contributed by atoms with Crippen molar-refractivity contribution in [2.75, 3.05) is 0 Å². The van der Waals surface area contributed by atoms with Crippen LogP contribution in [0.2, 0.25) is 0 Å². The van der Waals surface area contributed by atoms with Crippen molar-refractivity contribution in [3.05, 3.63) is 42.7 Å². The maximum absolute atomic E-state index is 5.44. The second-order valence-corrected chi connectivity index (χ2v) is 3.78. The van der Waals surface area contributed by atoms with Gasteiger partial charge in [0.25, 0.3) is 0 Å². The number of rotatable bonds is 3. The summed E-state index contributed by atoms with van der Waals surface area (Å²) in [6, 6.07) is 10.1. The van der Waals surface area contributed by atoms with E-state index in [1.54, 1.807) is 4.68 Å². The molecule has 0 radical (unpaired) electrons. The Morgan fingerprint density at radius 3 is 2.67 bits per heavy atom. The molecule has 1 aromatic carbocycles. The molecule has 0 spiro atoms. The first kappa shape index (κ1) is 9.86. The molecule has 2 N–H and O–H groups in total. The molecule has 0 aliphatic carbocycles. The van der Waals surface area contributed by atoms with Crippen molar-refractivity contribution in [1.82, 2.24) is 9.78 Å². The summed E-state index contributed by atoms with van der Waals surface area (Å²) in [6.07, 6.45) is 3.75. The molecule has 0 fully saturated rings. The van der Waals surface area contributed by atoms with Crippen molar-refractivity contribution in [3.8, 4) is 11.1 Å². The molecular formula is C11H11N3S. The summed E-state index contributed by atoms with van der Waals surface area (Å²) in [6.45, 7) is 0.488. The molecule has 0 saturated carbocycles. The molecule has 1 aromatic heterocycles. The number of nitrogens with two attached hydrogens (primary N) is 1. The van der Waals surface area contributed by atoms with Crippen molar-refractivity contribution in [2.45, 2.75) is 6.54 Å². The van der Waals surface area contributed by atoms with Crippen LogP contribution in [0.4, 0.5) is 0 Å². The van der Waals surface area contributed by atoms with Gasteiger partial charge >= 0.3 is 0 Å². The maximum atomic E-state index is 5.44. The number of nitrogens with zero attached hydrogens (tertiary/aromatic N) is 2.